The molecule has 0 bridgehead atoms. The summed E-state index contributed by atoms with van der Waals surface area (Å²) in [7, 11) is 0. The van der Waals surface area contributed by atoms with E-state index in [-0.39, 0.29) is 11.6 Å². The Morgan fingerprint density at radius 2 is 2.00 bits per heavy atom. The number of halogens is 1. The van der Waals surface area contributed by atoms with Gasteiger partial charge in [-0.1, -0.05) is 24.6 Å². The molecule has 4 aromatic rings. The van der Waals surface area contributed by atoms with Gasteiger partial charge in [-0.2, -0.15) is 5.10 Å². The lowest BCUT2D eigenvalue weighted by Gasteiger charge is -2.17. The van der Waals surface area contributed by atoms with Crippen LogP contribution >= 0.6 is 0 Å². The molecule has 0 saturated carbocycles. The molecule has 2 aromatic carbocycles. The Bertz CT molecular complexity index is 1320. The number of aromatic amines is 2. The van der Waals surface area contributed by atoms with Gasteiger partial charge in [0.25, 0.3) is 0 Å². The number of hydrogen-bond acceptors (Lipinski definition) is 4. The van der Waals surface area contributed by atoms with Crippen molar-refractivity contribution in [2.45, 2.75) is 26.7 Å². The van der Waals surface area contributed by atoms with Crippen LogP contribution in [0, 0.1) is 5.82 Å². The molecule has 1 aliphatic heterocycles. The van der Waals surface area contributed by atoms with E-state index >= 15 is 4.39 Å². The molecule has 0 aliphatic carbocycles. The second kappa shape index (κ2) is 7.67. The number of aromatic nitrogens is 4. The van der Waals surface area contributed by atoms with Gasteiger partial charge >= 0.3 is 0 Å². The molecule has 31 heavy (non-hydrogen) atoms. The van der Waals surface area contributed by atoms with Crippen molar-refractivity contribution in [3.63, 3.8) is 0 Å². The monoisotopic (exact) mass is 417 g/mol. The highest BCUT2D eigenvalue weighted by Gasteiger charge is 2.20. The zero-order valence-electron chi connectivity index (χ0n) is 17.5. The Hall–Kier alpha value is -3.45. The third-order valence-electron chi connectivity index (χ3n) is 6.04. The summed E-state index contributed by atoms with van der Waals surface area (Å²) in [6.07, 6.45) is 3.58. The van der Waals surface area contributed by atoms with E-state index in [1.165, 1.54) is 11.1 Å². The molecule has 158 valence electrons. The van der Waals surface area contributed by atoms with Gasteiger partial charge in [-0.3, -0.25) is 5.10 Å². The molecule has 4 N–H and O–H groups in total. The van der Waals surface area contributed by atoms with Crippen LogP contribution in [0.3, 0.4) is 0 Å². The molecule has 3 heterocycles. The first-order valence-corrected chi connectivity index (χ1v) is 10.5. The van der Waals surface area contributed by atoms with Crippen molar-refractivity contribution in [3.8, 4) is 28.4 Å². The Morgan fingerprint density at radius 1 is 1.16 bits per heavy atom. The predicted molar refractivity (Wildman–Crippen MR) is 120 cm³/mol. The third-order valence-corrected chi connectivity index (χ3v) is 6.04. The minimum absolute atomic E-state index is 0.179. The van der Waals surface area contributed by atoms with Gasteiger partial charge in [0, 0.05) is 23.7 Å². The fourth-order valence-corrected chi connectivity index (χ4v) is 4.28. The maximum Gasteiger partial charge on any atom is 0.159 e. The lowest BCUT2D eigenvalue weighted by Crippen LogP contribution is -2.23. The maximum atomic E-state index is 15.5. The second-order valence-electron chi connectivity index (χ2n) is 7.94. The van der Waals surface area contributed by atoms with Crippen LogP contribution in [-0.4, -0.2) is 38.4 Å². The van der Waals surface area contributed by atoms with Crippen LogP contribution in [0.4, 0.5) is 4.39 Å². The van der Waals surface area contributed by atoms with E-state index in [9.17, 15) is 5.11 Å². The summed E-state index contributed by atoms with van der Waals surface area (Å²) in [6.45, 7) is 5.90. The number of benzene rings is 2. The number of aromatic hydroxyl groups is 1. The van der Waals surface area contributed by atoms with E-state index in [0.717, 1.165) is 36.3 Å². The number of H-pyrrole nitrogens is 2. The molecule has 0 radical (unpaired) electrons. The summed E-state index contributed by atoms with van der Waals surface area (Å²) in [5.74, 6) is 0.426. The molecule has 0 saturated heterocycles. The van der Waals surface area contributed by atoms with Crippen molar-refractivity contribution < 1.29 is 9.50 Å². The lowest BCUT2D eigenvalue weighted by atomic mass is 9.96. The smallest absolute Gasteiger partial charge is 0.159 e. The average Bonchev–Trinajstić information content (AvgIpc) is 3.42. The van der Waals surface area contributed by atoms with Gasteiger partial charge in [-0.25, -0.2) is 9.37 Å². The Balaban J connectivity index is 1.57. The van der Waals surface area contributed by atoms with Crippen molar-refractivity contribution in [2.24, 2.45) is 0 Å². The number of fused-ring (bicyclic) bond motifs is 1. The molecule has 0 amide bonds. The molecule has 0 spiro atoms. The molecule has 5 rings (SSSR count). The molecule has 6 nitrogen and oxygen atoms in total. The van der Waals surface area contributed by atoms with Crippen LogP contribution in [0.25, 0.3) is 39.1 Å². The Labute approximate surface area is 179 Å². The van der Waals surface area contributed by atoms with Crippen LogP contribution in [-0.2, 0) is 6.42 Å². The Morgan fingerprint density at radius 3 is 2.81 bits per heavy atom. The molecular weight excluding hydrogens is 393 g/mol. The van der Waals surface area contributed by atoms with Crippen molar-refractivity contribution in [1.82, 2.24) is 25.5 Å². The molecule has 0 atom stereocenters. The van der Waals surface area contributed by atoms with Crippen molar-refractivity contribution in [3.05, 3.63) is 59.2 Å². The SMILES string of the molecule is CCc1cc(O)ccc1-c1ccc2c(-c3nc(C4=C(C)CCNC4)c[nH]3)n[nH]c2c1F. The summed E-state index contributed by atoms with van der Waals surface area (Å²) >= 11 is 0. The summed E-state index contributed by atoms with van der Waals surface area (Å²) in [4.78, 5) is 7.94. The minimum Gasteiger partial charge on any atom is -0.508 e. The molecule has 1 aliphatic rings. The van der Waals surface area contributed by atoms with Crippen LogP contribution in [0.2, 0.25) is 0 Å². The molecule has 0 fully saturated rings. The standard InChI is InChI=1S/C24H24FN5O/c1-3-14-10-15(31)4-5-16(14)17-6-7-18-22(21(17)25)29-30-23(18)24-27-12-20(28-24)19-11-26-9-8-13(19)2/h4-7,10,12,26,31H,3,8-9,11H2,1-2H3,(H,27,28)(H,29,30). The van der Waals surface area contributed by atoms with Crippen LogP contribution < -0.4 is 5.32 Å². The third kappa shape index (κ3) is 3.31. The van der Waals surface area contributed by atoms with Crippen LogP contribution in [0.15, 0.2) is 42.1 Å². The number of aryl methyl sites for hydroxylation is 1. The van der Waals surface area contributed by atoms with Gasteiger partial charge < -0.3 is 15.4 Å². The van der Waals surface area contributed by atoms with E-state index in [0.29, 0.717) is 34.4 Å². The van der Waals surface area contributed by atoms with E-state index in [1.54, 1.807) is 24.3 Å². The predicted octanol–water partition coefficient (Wildman–Crippen LogP) is 4.79. The lowest BCUT2D eigenvalue weighted by molar-refractivity contribution is 0.474. The van der Waals surface area contributed by atoms with E-state index in [1.807, 2.05) is 19.2 Å². The summed E-state index contributed by atoms with van der Waals surface area (Å²) in [5, 5.41) is 21.0. The fourth-order valence-electron chi connectivity index (χ4n) is 4.28. The first-order valence-electron chi connectivity index (χ1n) is 10.5. The normalized spacial score (nSPS) is 14.5. The van der Waals surface area contributed by atoms with E-state index < -0.39 is 0 Å². The minimum atomic E-state index is -0.363. The molecule has 0 unspecified atom stereocenters. The summed E-state index contributed by atoms with van der Waals surface area (Å²) in [5.41, 5.74) is 6.49. The number of phenols is 1. The number of hydrogen-bond donors (Lipinski definition) is 4. The summed E-state index contributed by atoms with van der Waals surface area (Å²) in [6, 6.07) is 8.65. The van der Waals surface area contributed by atoms with Crippen molar-refractivity contribution in [1.29, 1.82) is 0 Å². The van der Waals surface area contributed by atoms with Gasteiger partial charge in [0.2, 0.25) is 0 Å². The van der Waals surface area contributed by atoms with Gasteiger partial charge in [-0.05, 0) is 61.2 Å². The second-order valence-corrected chi connectivity index (χ2v) is 7.94. The number of imidazole rings is 1. The van der Waals surface area contributed by atoms with Gasteiger partial charge in [0.05, 0.1) is 5.69 Å². The number of nitrogens with zero attached hydrogens (tertiary/aromatic N) is 2. The zero-order chi connectivity index (χ0) is 21.5. The first kappa shape index (κ1) is 19.5. The van der Waals surface area contributed by atoms with E-state index in [2.05, 4.69) is 27.4 Å². The number of nitrogens with one attached hydrogen (secondary N) is 3. The maximum absolute atomic E-state index is 15.5. The Kier molecular flexibility index (Phi) is 4.82. The van der Waals surface area contributed by atoms with Crippen LogP contribution in [0.5, 0.6) is 5.75 Å². The molecule has 2 aromatic heterocycles. The first-order chi connectivity index (χ1) is 15.1. The van der Waals surface area contributed by atoms with Gasteiger partial charge in [0.15, 0.2) is 11.6 Å². The highest BCUT2D eigenvalue weighted by atomic mass is 19.1. The zero-order valence-corrected chi connectivity index (χ0v) is 17.5. The van der Waals surface area contributed by atoms with Gasteiger partial charge in [0.1, 0.15) is 17.0 Å². The van der Waals surface area contributed by atoms with E-state index in [4.69, 9.17) is 4.98 Å². The average molecular weight is 417 g/mol. The fraction of sp³-hybridized carbons (Fsp3) is 0.250. The van der Waals surface area contributed by atoms with Crippen molar-refractivity contribution >= 4 is 16.5 Å². The highest BCUT2D eigenvalue weighted by Crippen LogP contribution is 2.35. The number of phenolic OH excluding ortho intramolecular Hbond substituents is 1. The largest absolute Gasteiger partial charge is 0.508 e. The highest BCUT2D eigenvalue weighted by molar-refractivity contribution is 5.95. The van der Waals surface area contributed by atoms with Gasteiger partial charge in [-0.15, -0.1) is 0 Å². The van der Waals surface area contributed by atoms with Crippen LogP contribution in [0.1, 0.15) is 31.5 Å². The summed E-state index contributed by atoms with van der Waals surface area (Å²) < 4.78 is 15.5. The quantitative estimate of drug-likeness (QED) is 0.384. The topological polar surface area (TPSA) is 89.6 Å². The molecule has 7 heteroatoms. The van der Waals surface area contributed by atoms with Crippen molar-refractivity contribution in [2.75, 3.05) is 13.1 Å². The number of rotatable bonds is 4. The molecular formula is C24H24FN5O.